The van der Waals surface area contributed by atoms with E-state index in [1.807, 2.05) is 0 Å². The smallest absolute Gasteiger partial charge is 0.232 e. The molecule has 4 nitrogen and oxygen atoms in total. The average molecular weight is 316 g/mol. The molecule has 0 spiro atoms. The fourth-order valence-electron chi connectivity index (χ4n) is 1.28. The van der Waals surface area contributed by atoms with Gasteiger partial charge >= 0.3 is 0 Å². The van der Waals surface area contributed by atoms with Crippen LogP contribution in [0.3, 0.4) is 0 Å². The molecule has 1 aromatic carbocycles. The van der Waals surface area contributed by atoms with Gasteiger partial charge in [0.2, 0.25) is 11.8 Å². The van der Waals surface area contributed by atoms with E-state index in [1.165, 1.54) is 19.4 Å². The van der Waals surface area contributed by atoms with Gasteiger partial charge in [-0.1, -0.05) is 6.07 Å². The molecule has 2 aromatic rings. The molecule has 1 aromatic heterocycles. The lowest BCUT2D eigenvalue weighted by atomic mass is 10.3. The highest BCUT2D eigenvalue weighted by molar-refractivity contribution is 9.10. The number of anilines is 2. The van der Waals surface area contributed by atoms with Crippen LogP contribution in [0.5, 0.6) is 5.88 Å². The minimum atomic E-state index is -0.722. The molecular weight excluding hydrogens is 308 g/mol. The second-order valence-electron chi connectivity index (χ2n) is 3.27. The Kier molecular flexibility index (Phi) is 3.71. The fraction of sp³-hybridized carbons (Fsp3) is 0.0909. The number of benzene rings is 1. The van der Waals surface area contributed by atoms with E-state index in [4.69, 9.17) is 4.74 Å². The van der Waals surface area contributed by atoms with Gasteiger partial charge in [0.05, 0.1) is 17.8 Å². The molecule has 0 atom stereocenters. The predicted octanol–water partition coefficient (Wildman–Crippen LogP) is 3.27. The maximum absolute atomic E-state index is 13.4. The summed E-state index contributed by atoms with van der Waals surface area (Å²) in [6.07, 6.45) is 1.42. The first-order valence-electron chi connectivity index (χ1n) is 4.89. The van der Waals surface area contributed by atoms with Crippen LogP contribution in [0, 0.1) is 11.6 Å². The van der Waals surface area contributed by atoms with Crippen LogP contribution < -0.4 is 10.1 Å². The lowest BCUT2D eigenvalue weighted by molar-refractivity contribution is 0.394. The summed E-state index contributed by atoms with van der Waals surface area (Å²) in [7, 11) is 1.43. The minimum Gasteiger partial charge on any atom is -0.480 e. The maximum atomic E-state index is 13.4. The molecule has 0 saturated carbocycles. The van der Waals surface area contributed by atoms with Crippen LogP contribution in [0.25, 0.3) is 0 Å². The molecule has 0 aliphatic rings. The summed E-state index contributed by atoms with van der Waals surface area (Å²) >= 11 is 3.18. The number of hydrogen-bond donors (Lipinski definition) is 1. The zero-order chi connectivity index (χ0) is 13.1. The van der Waals surface area contributed by atoms with Crippen molar-refractivity contribution in [2.45, 2.75) is 0 Å². The van der Waals surface area contributed by atoms with Crippen LogP contribution >= 0.6 is 15.9 Å². The summed E-state index contributed by atoms with van der Waals surface area (Å²) in [4.78, 5) is 7.83. The van der Waals surface area contributed by atoms with Crippen molar-refractivity contribution in [3.63, 3.8) is 0 Å². The monoisotopic (exact) mass is 315 g/mol. The molecular formula is C11H8BrF2N3O. The van der Waals surface area contributed by atoms with Crippen molar-refractivity contribution < 1.29 is 13.5 Å². The summed E-state index contributed by atoms with van der Waals surface area (Å²) < 4.78 is 32.3. The number of rotatable bonds is 3. The molecule has 1 heterocycles. The zero-order valence-electron chi connectivity index (χ0n) is 9.25. The van der Waals surface area contributed by atoms with Gasteiger partial charge in [-0.3, -0.25) is 0 Å². The van der Waals surface area contributed by atoms with Crippen molar-refractivity contribution in [3.05, 3.63) is 40.5 Å². The van der Waals surface area contributed by atoms with Crippen molar-refractivity contribution in [2.75, 3.05) is 12.4 Å². The largest absolute Gasteiger partial charge is 0.480 e. The Labute approximate surface area is 110 Å². The summed E-state index contributed by atoms with van der Waals surface area (Å²) in [6, 6.07) is 3.56. The Bertz CT molecular complexity index is 560. The Morgan fingerprint density at radius 2 is 1.94 bits per heavy atom. The summed E-state index contributed by atoms with van der Waals surface area (Å²) in [5.41, 5.74) is -0.304. The maximum Gasteiger partial charge on any atom is 0.232 e. The van der Waals surface area contributed by atoms with Gasteiger partial charge in [0.1, 0.15) is 17.3 Å². The average Bonchev–Trinajstić information content (AvgIpc) is 2.36. The van der Waals surface area contributed by atoms with Gasteiger partial charge in [-0.25, -0.2) is 13.8 Å². The first-order valence-corrected chi connectivity index (χ1v) is 5.68. The van der Waals surface area contributed by atoms with Gasteiger partial charge in [0.15, 0.2) is 0 Å². The predicted molar refractivity (Wildman–Crippen MR) is 65.9 cm³/mol. The van der Waals surface area contributed by atoms with Crippen LogP contribution in [0.4, 0.5) is 20.4 Å². The number of halogens is 3. The lowest BCUT2D eigenvalue weighted by Crippen LogP contribution is -2.02. The van der Waals surface area contributed by atoms with Crippen molar-refractivity contribution in [1.82, 2.24) is 9.97 Å². The van der Waals surface area contributed by atoms with Crippen molar-refractivity contribution >= 4 is 27.6 Å². The van der Waals surface area contributed by atoms with Crippen molar-refractivity contribution in [2.24, 2.45) is 0 Å². The van der Waals surface area contributed by atoms with E-state index in [0.717, 1.165) is 12.1 Å². The van der Waals surface area contributed by atoms with Crippen molar-refractivity contribution in [1.29, 1.82) is 0 Å². The van der Waals surface area contributed by atoms with Crippen LogP contribution in [-0.2, 0) is 0 Å². The summed E-state index contributed by atoms with van der Waals surface area (Å²) in [5.74, 6) is -1.13. The third-order valence-corrected chi connectivity index (χ3v) is 2.65. The van der Waals surface area contributed by atoms with Gasteiger partial charge in [-0.15, -0.1) is 0 Å². The van der Waals surface area contributed by atoms with E-state index in [0.29, 0.717) is 4.47 Å². The van der Waals surface area contributed by atoms with E-state index >= 15 is 0 Å². The molecule has 0 radical (unpaired) electrons. The quantitative estimate of drug-likeness (QED) is 0.944. The minimum absolute atomic E-state index is 0.0408. The first-order chi connectivity index (χ1) is 8.61. The molecule has 7 heteroatoms. The fourth-order valence-corrected chi connectivity index (χ4v) is 1.64. The third-order valence-electron chi connectivity index (χ3n) is 2.10. The number of methoxy groups -OCH3 is 1. The topological polar surface area (TPSA) is 47.0 Å². The number of ether oxygens (including phenoxy) is 1. The van der Waals surface area contributed by atoms with E-state index in [1.54, 1.807) is 0 Å². The van der Waals surface area contributed by atoms with E-state index in [9.17, 15) is 8.78 Å². The molecule has 0 fully saturated rings. The number of hydrogen-bond acceptors (Lipinski definition) is 4. The molecule has 0 aliphatic heterocycles. The molecule has 2 rings (SSSR count). The molecule has 0 saturated heterocycles. The van der Waals surface area contributed by atoms with E-state index in [-0.39, 0.29) is 17.5 Å². The molecule has 0 bridgehead atoms. The highest BCUT2D eigenvalue weighted by Gasteiger charge is 2.11. The van der Waals surface area contributed by atoms with E-state index < -0.39 is 11.6 Å². The molecule has 18 heavy (non-hydrogen) atoms. The Balaban J connectivity index is 2.34. The van der Waals surface area contributed by atoms with Crippen LogP contribution in [-0.4, -0.2) is 17.1 Å². The van der Waals surface area contributed by atoms with Gasteiger partial charge in [0, 0.05) is 0 Å². The van der Waals surface area contributed by atoms with Crippen LogP contribution in [0.2, 0.25) is 0 Å². The lowest BCUT2D eigenvalue weighted by Gasteiger charge is -2.08. The number of aromatic nitrogens is 2. The summed E-state index contributed by atoms with van der Waals surface area (Å²) in [5, 5.41) is 2.47. The molecule has 0 amide bonds. The Hall–Kier alpha value is -1.76. The number of para-hydroxylation sites is 1. The molecule has 0 aliphatic carbocycles. The van der Waals surface area contributed by atoms with Gasteiger partial charge in [0.25, 0.3) is 0 Å². The second kappa shape index (κ2) is 5.26. The normalized spacial score (nSPS) is 10.2. The zero-order valence-corrected chi connectivity index (χ0v) is 10.8. The van der Waals surface area contributed by atoms with Gasteiger partial charge < -0.3 is 10.1 Å². The van der Waals surface area contributed by atoms with Crippen molar-refractivity contribution in [3.8, 4) is 5.88 Å². The Morgan fingerprint density at radius 3 is 2.56 bits per heavy atom. The molecule has 1 N–H and O–H groups in total. The molecule has 94 valence electrons. The van der Waals surface area contributed by atoms with Crippen LogP contribution in [0.15, 0.2) is 28.9 Å². The highest BCUT2D eigenvalue weighted by Crippen LogP contribution is 2.25. The molecule has 0 unspecified atom stereocenters. The number of nitrogens with one attached hydrogen (secondary N) is 1. The van der Waals surface area contributed by atoms with Gasteiger partial charge in [-0.05, 0) is 28.1 Å². The highest BCUT2D eigenvalue weighted by atomic mass is 79.9. The van der Waals surface area contributed by atoms with Gasteiger partial charge in [-0.2, -0.15) is 4.98 Å². The summed E-state index contributed by atoms with van der Waals surface area (Å²) in [6.45, 7) is 0. The first kappa shape index (κ1) is 12.7. The Morgan fingerprint density at radius 1 is 1.28 bits per heavy atom. The second-order valence-corrected chi connectivity index (χ2v) is 4.13. The SMILES string of the molecule is COc1nc(Nc2c(F)cccc2F)ncc1Br. The van der Waals surface area contributed by atoms with Crippen LogP contribution in [0.1, 0.15) is 0 Å². The number of nitrogens with zero attached hydrogens (tertiary/aromatic N) is 2. The van der Waals surface area contributed by atoms with E-state index in [2.05, 4.69) is 31.2 Å². The standard InChI is InChI=1S/C11H8BrF2N3O/c1-18-10-6(12)5-15-11(17-10)16-9-7(13)3-2-4-8(9)14/h2-5H,1H3,(H,15,16,17). The third kappa shape index (κ3) is 2.56.